The Morgan fingerprint density at radius 3 is 2.78 bits per heavy atom. The molecule has 1 atom stereocenters. The smallest absolute Gasteiger partial charge is 0.178 e. The van der Waals surface area contributed by atoms with Crippen LogP contribution in [-0.2, 0) is 0 Å². The fourth-order valence-electron chi connectivity index (χ4n) is 3.30. The Hall–Kier alpha value is -1.09. The number of benzene rings is 1. The van der Waals surface area contributed by atoms with Crippen molar-refractivity contribution < 1.29 is 0 Å². The van der Waals surface area contributed by atoms with Crippen LogP contribution in [0, 0.1) is 17.6 Å². The molecule has 3 rings (SSSR count). The monoisotopic (exact) mass is 260 g/mol. The number of aromatic nitrogens is 2. The molecule has 0 amide bonds. The average molecular weight is 260 g/mol. The summed E-state index contributed by atoms with van der Waals surface area (Å²) in [6.45, 7) is 4.44. The van der Waals surface area contributed by atoms with E-state index in [0.717, 1.165) is 10.7 Å². The van der Waals surface area contributed by atoms with Crippen molar-refractivity contribution >= 4 is 23.3 Å². The lowest BCUT2D eigenvalue weighted by molar-refractivity contribution is 0.365. The predicted octanol–water partition coefficient (Wildman–Crippen LogP) is 4.76. The van der Waals surface area contributed by atoms with Gasteiger partial charge in [-0.15, -0.1) is 0 Å². The minimum Gasteiger partial charge on any atom is -0.331 e. The molecule has 1 aliphatic carbocycles. The van der Waals surface area contributed by atoms with Gasteiger partial charge < -0.3 is 9.55 Å². The summed E-state index contributed by atoms with van der Waals surface area (Å²) in [6.07, 6.45) is 5.45. The molecule has 18 heavy (non-hydrogen) atoms. The van der Waals surface area contributed by atoms with Crippen LogP contribution in [0.2, 0.25) is 0 Å². The minimum absolute atomic E-state index is 0.511. The molecule has 96 valence electrons. The predicted molar refractivity (Wildman–Crippen MR) is 78.5 cm³/mol. The summed E-state index contributed by atoms with van der Waals surface area (Å²) >= 11 is 5.52. The maximum atomic E-state index is 5.52. The molecule has 2 aromatic rings. The molecule has 3 heteroatoms. The highest BCUT2D eigenvalue weighted by Gasteiger charge is 2.24. The van der Waals surface area contributed by atoms with Crippen LogP contribution in [0.15, 0.2) is 18.2 Å². The Morgan fingerprint density at radius 2 is 2.06 bits per heavy atom. The molecule has 0 spiro atoms. The van der Waals surface area contributed by atoms with Crippen molar-refractivity contribution in [2.75, 3.05) is 0 Å². The van der Waals surface area contributed by atoms with Crippen LogP contribution in [0.5, 0.6) is 0 Å². The average Bonchev–Trinajstić information content (AvgIpc) is 2.94. The number of aryl methyl sites for hydroxylation is 1. The number of H-pyrrole nitrogens is 1. The first kappa shape index (κ1) is 12.0. The second kappa shape index (κ2) is 4.54. The molecule has 1 unspecified atom stereocenters. The normalized spacial score (nSPS) is 18.6. The molecule has 0 radical (unpaired) electrons. The number of fused-ring (bicyclic) bond motifs is 1. The Kier molecular flexibility index (Phi) is 3.02. The molecule has 1 aliphatic rings. The topological polar surface area (TPSA) is 20.7 Å². The van der Waals surface area contributed by atoms with Crippen molar-refractivity contribution in [1.82, 2.24) is 9.55 Å². The molecule has 0 aliphatic heterocycles. The van der Waals surface area contributed by atoms with E-state index in [0.29, 0.717) is 6.04 Å². The lowest BCUT2D eigenvalue weighted by Crippen LogP contribution is -2.14. The number of hydrogen-bond acceptors (Lipinski definition) is 1. The van der Waals surface area contributed by atoms with Crippen LogP contribution in [0.25, 0.3) is 11.0 Å². The van der Waals surface area contributed by atoms with Crippen molar-refractivity contribution in [3.8, 4) is 0 Å². The van der Waals surface area contributed by atoms with Gasteiger partial charge in [-0.3, -0.25) is 0 Å². The molecular formula is C15H20N2S. The van der Waals surface area contributed by atoms with Gasteiger partial charge in [0.25, 0.3) is 0 Å². The molecule has 1 N–H and O–H groups in total. The van der Waals surface area contributed by atoms with Crippen molar-refractivity contribution in [1.29, 1.82) is 0 Å². The lowest BCUT2D eigenvalue weighted by Gasteiger charge is -2.21. The van der Waals surface area contributed by atoms with Crippen LogP contribution in [-0.4, -0.2) is 9.55 Å². The van der Waals surface area contributed by atoms with E-state index in [1.54, 1.807) is 0 Å². The maximum absolute atomic E-state index is 5.52. The van der Waals surface area contributed by atoms with Crippen LogP contribution in [0.1, 0.15) is 44.2 Å². The third-order valence-corrected chi connectivity index (χ3v) is 4.66. The maximum Gasteiger partial charge on any atom is 0.178 e. The van der Waals surface area contributed by atoms with Crippen molar-refractivity contribution in [2.24, 2.45) is 5.92 Å². The Morgan fingerprint density at radius 1 is 1.33 bits per heavy atom. The summed E-state index contributed by atoms with van der Waals surface area (Å²) in [5.41, 5.74) is 3.70. The van der Waals surface area contributed by atoms with E-state index < -0.39 is 0 Å². The zero-order chi connectivity index (χ0) is 12.7. The largest absolute Gasteiger partial charge is 0.331 e. The standard InChI is InChI=1S/C15H20N2S/c1-10-7-8-14-13(9-10)16-15(18)17(14)11(2)12-5-3-4-6-12/h7-9,11-12H,3-6H2,1-2H3,(H,16,18). The summed E-state index contributed by atoms with van der Waals surface area (Å²) in [5.74, 6) is 0.789. The fourth-order valence-corrected chi connectivity index (χ4v) is 3.67. The number of nitrogens with zero attached hydrogens (tertiary/aromatic N) is 1. The van der Waals surface area contributed by atoms with Crippen molar-refractivity contribution in [2.45, 2.75) is 45.6 Å². The Bertz CT molecular complexity index is 617. The van der Waals surface area contributed by atoms with E-state index >= 15 is 0 Å². The van der Waals surface area contributed by atoms with E-state index in [1.165, 1.54) is 42.3 Å². The van der Waals surface area contributed by atoms with Gasteiger partial charge in [0, 0.05) is 6.04 Å². The molecule has 1 aromatic heterocycles. The number of nitrogens with one attached hydrogen (secondary N) is 1. The van der Waals surface area contributed by atoms with Crippen molar-refractivity contribution in [3.63, 3.8) is 0 Å². The molecule has 1 aromatic carbocycles. The number of imidazole rings is 1. The van der Waals surface area contributed by atoms with Crippen LogP contribution in [0.3, 0.4) is 0 Å². The molecule has 0 bridgehead atoms. The van der Waals surface area contributed by atoms with E-state index in [2.05, 4.69) is 41.6 Å². The summed E-state index contributed by atoms with van der Waals surface area (Å²) in [6, 6.07) is 7.06. The molecule has 2 nitrogen and oxygen atoms in total. The summed E-state index contributed by atoms with van der Waals surface area (Å²) in [4.78, 5) is 3.35. The quantitative estimate of drug-likeness (QED) is 0.772. The van der Waals surface area contributed by atoms with Gasteiger partial charge in [-0.25, -0.2) is 0 Å². The molecule has 1 saturated carbocycles. The van der Waals surface area contributed by atoms with E-state index in [1.807, 2.05) is 0 Å². The minimum atomic E-state index is 0.511. The van der Waals surface area contributed by atoms with Gasteiger partial charge >= 0.3 is 0 Å². The molecule has 1 fully saturated rings. The fraction of sp³-hybridized carbons (Fsp3) is 0.533. The number of aromatic amines is 1. The summed E-state index contributed by atoms with van der Waals surface area (Å²) in [7, 11) is 0. The number of rotatable bonds is 2. The third kappa shape index (κ3) is 1.91. The molecular weight excluding hydrogens is 240 g/mol. The first-order valence-electron chi connectivity index (χ1n) is 6.87. The summed E-state index contributed by atoms with van der Waals surface area (Å²) < 4.78 is 3.19. The second-order valence-electron chi connectivity index (χ2n) is 5.61. The van der Waals surface area contributed by atoms with Crippen molar-refractivity contribution in [3.05, 3.63) is 28.5 Å². The van der Waals surface area contributed by atoms with E-state index in [4.69, 9.17) is 12.2 Å². The first-order valence-corrected chi connectivity index (χ1v) is 7.28. The highest BCUT2D eigenvalue weighted by molar-refractivity contribution is 7.71. The van der Waals surface area contributed by atoms with Crippen LogP contribution < -0.4 is 0 Å². The first-order chi connectivity index (χ1) is 8.66. The molecule has 0 saturated heterocycles. The van der Waals surface area contributed by atoms with Gasteiger partial charge in [0.05, 0.1) is 11.0 Å². The van der Waals surface area contributed by atoms with Crippen LogP contribution in [0.4, 0.5) is 0 Å². The Labute approximate surface area is 113 Å². The zero-order valence-corrected chi connectivity index (χ0v) is 11.9. The van der Waals surface area contributed by atoms with Gasteiger partial charge in [-0.05, 0) is 62.5 Å². The zero-order valence-electron chi connectivity index (χ0n) is 11.1. The lowest BCUT2D eigenvalue weighted by atomic mass is 9.99. The molecule has 1 heterocycles. The van der Waals surface area contributed by atoms with E-state index in [-0.39, 0.29) is 0 Å². The van der Waals surface area contributed by atoms with E-state index in [9.17, 15) is 0 Å². The highest BCUT2D eigenvalue weighted by atomic mass is 32.1. The van der Waals surface area contributed by atoms with Gasteiger partial charge in [-0.2, -0.15) is 0 Å². The number of hydrogen-bond donors (Lipinski definition) is 1. The SMILES string of the molecule is Cc1ccc2c(c1)[nH]c(=S)n2C(C)C1CCCC1. The van der Waals surface area contributed by atoms with Gasteiger partial charge in [-0.1, -0.05) is 18.9 Å². The van der Waals surface area contributed by atoms with Gasteiger partial charge in [0.1, 0.15) is 0 Å². The van der Waals surface area contributed by atoms with Crippen LogP contribution >= 0.6 is 12.2 Å². The third-order valence-electron chi connectivity index (χ3n) is 4.36. The second-order valence-corrected chi connectivity index (χ2v) is 5.99. The van der Waals surface area contributed by atoms with Gasteiger partial charge in [0.15, 0.2) is 4.77 Å². The highest BCUT2D eigenvalue weighted by Crippen LogP contribution is 2.35. The summed E-state index contributed by atoms with van der Waals surface area (Å²) in [5, 5.41) is 0. The Balaban J connectivity index is 2.10. The van der Waals surface area contributed by atoms with Gasteiger partial charge in [0.2, 0.25) is 0 Å².